The normalized spacial score (nSPS) is 11.5. The summed E-state index contributed by atoms with van der Waals surface area (Å²) >= 11 is -0.826. The third-order valence-corrected chi connectivity index (χ3v) is 17.5. The van der Waals surface area contributed by atoms with Crippen LogP contribution in [-0.2, 0) is 33.7 Å². The molecule has 0 amide bonds. The Morgan fingerprint density at radius 2 is 0.895 bits per heavy atom. The number of rotatable bonds is 12. The van der Waals surface area contributed by atoms with Crippen LogP contribution in [0.2, 0.25) is 39.3 Å². The van der Waals surface area contributed by atoms with Gasteiger partial charge in [-0.05, 0) is 59.8 Å². The van der Waals surface area contributed by atoms with Crippen LogP contribution in [0.25, 0.3) is 43.8 Å². The van der Waals surface area contributed by atoms with E-state index in [0.717, 1.165) is 0 Å². The van der Waals surface area contributed by atoms with Gasteiger partial charge in [-0.1, -0.05) is 165 Å². The van der Waals surface area contributed by atoms with Gasteiger partial charge in [0.2, 0.25) is 0 Å². The summed E-state index contributed by atoms with van der Waals surface area (Å²) in [6.45, 7) is 27.3. The second-order valence-corrected chi connectivity index (χ2v) is 31.6. The quantitative estimate of drug-likeness (QED) is 0.0873. The Bertz CT molecular complexity index is 1940. The van der Waals surface area contributed by atoms with E-state index in [4.69, 9.17) is 25.0 Å². The second-order valence-electron chi connectivity index (χ2n) is 17.8. The van der Waals surface area contributed by atoms with Gasteiger partial charge < -0.3 is 4.14 Å². The summed E-state index contributed by atoms with van der Waals surface area (Å²) in [6.07, 6.45) is 7.33. The van der Waals surface area contributed by atoms with Gasteiger partial charge in [-0.2, -0.15) is 12.1 Å². The molecule has 0 saturated heterocycles. The van der Waals surface area contributed by atoms with E-state index in [1.54, 1.807) is 0 Å². The van der Waals surface area contributed by atoms with E-state index < -0.39 is 37.3 Å². The first-order valence-corrected chi connectivity index (χ1v) is 34.3. The third-order valence-electron chi connectivity index (χ3n) is 10.5. The van der Waals surface area contributed by atoms with Crippen molar-refractivity contribution < 1.29 is 20.8 Å². The number of benzene rings is 4. The predicted octanol–water partition coefficient (Wildman–Crippen LogP) is 16.8. The zero-order valence-corrected chi connectivity index (χ0v) is 43.0. The van der Waals surface area contributed by atoms with Crippen molar-refractivity contribution in [3.63, 3.8) is 0 Å². The molecular formula is C50H68BCl2NSi2Zr. The molecule has 0 aliphatic carbocycles. The fourth-order valence-electron chi connectivity index (χ4n) is 7.40. The van der Waals surface area contributed by atoms with Crippen LogP contribution in [0.4, 0.5) is 0 Å². The molecule has 6 rings (SSSR count). The van der Waals surface area contributed by atoms with Gasteiger partial charge in [0.15, 0.2) is 7.98 Å². The van der Waals surface area contributed by atoms with Gasteiger partial charge in [-0.3, -0.25) is 0 Å². The monoisotopic (exact) mass is 909 g/mol. The molecule has 6 aromatic carbocycles. The van der Waals surface area contributed by atoms with Crippen molar-refractivity contribution in [1.82, 2.24) is 4.14 Å². The Morgan fingerprint density at radius 1 is 0.561 bits per heavy atom. The summed E-state index contributed by atoms with van der Waals surface area (Å²) in [5.74, 6) is 1.16. The van der Waals surface area contributed by atoms with E-state index >= 15 is 0 Å². The van der Waals surface area contributed by atoms with E-state index in [2.05, 4.69) is 194 Å². The first-order chi connectivity index (χ1) is 27.0. The van der Waals surface area contributed by atoms with Crippen LogP contribution in [0.15, 0.2) is 109 Å². The molecule has 0 heterocycles. The number of hydrogen-bond donors (Lipinski definition) is 0. The SMILES string of the molecule is CCCCc1ccccc1-c1cccc2[cH-]c(C(C)C)cc12.CCCCc1ccccc1-c1cccc2[cH-]c(C(C)C)cc12.[B]N([Si](C)(C)C)[Si](C)(C)C.[Cl][Zr+2][Cl]. The van der Waals surface area contributed by atoms with Gasteiger partial charge in [0.25, 0.3) is 0 Å². The zero-order chi connectivity index (χ0) is 42.3. The van der Waals surface area contributed by atoms with Crippen molar-refractivity contribution in [3.8, 4) is 22.3 Å². The Hall–Kier alpha value is -1.98. The summed E-state index contributed by atoms with van der Waals surface area (Å²) in [4.78, 5) is 0. The number of fused-ring (bicyclic) bond motifs is 2. The molecule has 0 fully saturated rings. The fourth-order valence-corrected chi connectivity index (χ4v) is 15.4. The predicted molar refractivity (Wildman–Crippen MR) is 261 cm³/mol. The number of aryl methyl sites for hydroxylation is 2. The number of nitrogens with zero attached hydrogens (tertiary/aromatic N) is 1. The van der Waals surface area contributed by atoms with E-state index in [1.807, 2.05) is 0 Å². The maximum absolute atomic E-state index is 5.98. The Kier molecular flexibility index (Phi) is 20.5. The van der Waals surface area contributed by atoms with Gasteiger partial charge in [-0.15, -0.1) is 69.1 Å². The number of unbranched alkanes of at least 4 members (excludes halogenated alkanes) is 2. The van der Waals surface area contributed by atoms with Crippen molar-refractivity contribution in [3.05, 3.63) is 131 Å². The van der Waals surface area contributed by atoms with Gasteiger partial charge >= 0.3 is 37.9 Å². The van der Waals surface area contributed by atoms with Crippen molar-refractivity contribution in [2.24, 2.45) is 0 Å². The molecule has 0 spiro atoms. The van der Waals surface area contributed by atoms with Crippen LogP contribution in [0.5, 0.6) is 0 Å². The Morgan fingerprint density at radius 3 is 1.19 bits per heavy atom. The van der Waals surface area contributed by atoms with E-state index in [-0.39, 0.29) is 0 Å². The molecule has 57 heavy (non-hydrogen) atoms. The van der Waals surface area contributed by atoms with Crippen LogP contribution in [0.3, 0.4) is 0 Å². The van der Waals surface area contributed by atoms with Gasteiger partial charge in [0.05, 0.1) is 0 Å². The van der Waals surface area contributed by atoms with Gasteiger partial charge in [0.1, 0.15) is 16.5 Å². The molecular weight excluding hydrogens is 844 g/mol. The molecule has 0 aliphatic heterocycles. The molecule has 0 bridgehead atoms. The minimum absolute atomic E-state index is 0.579. The first kappa shape index (κ1) is 49.4. The molecule has 0 unspecified atom stereocenters. The van der Waals surface area contributed by atoms with Crippen LogP contribution < -0.4 is 0 Å². The topological polar surface area (TPSA) is 3.24 Å². The van der Waals surface area contributed by atoms with Crippen LogP contribution in [0.1, 0.15) is 101 Å². The summed E-state index contributed by atoms with van der Waals surface area (Å²) < 4.78 is 2.15. The molecule has 0 aromatic heterocycles. The molecule has 6 aromatic rings. The standard InChI is InChI=1S/2C22H25.C6H18BNSi2.2ClH.Zr/c2*1-4-5-9-17-10-6-7-12-20(17)21-13-8-11-18-14-19(16(2)3)15-22(18)21;1-9(2,3)8(7)10(4,5)6;;;/h2*6-8,10-16H,4-5,9H2,1-3H3;1-6H3;2*1H;/q2*-1;;;;+4/p-2. The van der Waals surface area contributed by atoms with Crippen LogP contribution >= 0.6 is 17.0 Å². The average molecular weight is 912 g/mol. The number of halogens is 2. The molecule has 302 valence electrons. The Balaban J connectivity index is 0.000000236. The molecule has 0 atom stereocenters. The van der Waals surface area contributed by atoms with Gasteiger partial charge in [0, 0.05) is 0 Å². The summed E-state index contributed by atoms with van der Waals surface area (Å²) in [6, 6.07) is 40.7. The second kappa shape index (κ2) is 23.7. The van der Waals surface area contributed by atoms with Crippen molar-refractivity contribution in [2.45, 2.75) is 131 Å². The van der Waals surface area contributed by atoms with Crippen LogP contribution in [0, 0.1) is 0 Å². The average Bonchev–Trinajstić information content (AvgIpc) is 3.82. The van der Waals surface area contributed by atoms with E-state index in [0.29, 0.717) is 11.8 Å². The van der Waals surface area contributed by atoms with E-state index in [1.165, 1.54) is 105 Å². The van der Waals surface area contributed by atoms with E-state index in [9.17, 15) is 0 Å². The molecule has 0 N–H and O–H groups in total. The maximum atomic E-state index is 5.98. The first-order valence-electron chi connectivity index (χ1n) is 21.0. The molecule has 7 heteroatoms. The molecule has 0 saturated carbocycles. The molecule has 1 nitrogen and oxygen atoms in total. The summed E-state index contributed by atoms with van der Waals surface area (Å²) in [5, 5.41) is 5.53. The van der Waals surface area contributed by atoms with Crippen LogP contribution in [-0.4, -0.2) is 28.6 Å². The Labute approximate surface area is 370 Å². The van der Waals surface area contributed by atoms with Crippen molar-refractivity contribution in [1.29, 1.82) is 0 Å². The summed E-state index contributed by atoms with van der Waals surface area (Å²) in [7, 11) is 13.4. The zero-order valence-electron chi connectivity index (χ0n) is 37.1. The number of hydrogen-bond acceptors (Lipinski definition) is 1. The molecule has 2 radical (unpaired) electrons. The minimum atomic E-state index is -1.22. The third kappa shape index (κ3) is 14.6. The van der Waals surface area contributed by atoms with Gasteiger partial charge in [-0.25, -0.2) is 0 Å². The van der Waals surface area contributed by atoms with Crippen molar-refractivity contribution in [2.75, 3.05) is 0 Å². The van der Waals surface area contributed by atoms with Crippen molar-refractivity contribution >= 4 is 63.0 Å². The molecule has 0 aliphatic rings. The fraction of sp³-hybridized carbons (Fsp3) is 0.400. The summed E-state index contributed by atoms with van der Waals surface area (Å²) in [5.41, 5.74) is 11.4.